The van der Waals surface area contributed by atoms with Gasteiger partial charge in [-0.2, -0.15) is 0 Å². The maximum Gasteiger partial charge on any atom is 0.248 e. The van der Waals surface area contributed by atoms with Crippen molar-refractivity contribution in [1.82, 2.24) is 10.6 Å². The maximum absolute atomic E-state index is 11.7. The molecule has 0 saturated carbocycles. The molecule has 1 aliphatic heterocycles. The second-order valence-corrected chi connectivity index (χ2v) is 5.16. The summed E-state index contributed by atoms with van der Waals surface area (Å²) in [7, 11) is 0. The van der Waals surface area contributed by atoms with Gasteiger partial charge in [0.05, 0.1) is 0 Å². The molecule has 0 radical (unpaired) electrons. The lowest BCUT2D eigenvalue weighted by Crippen LogP contribution is -2.32. The summed E-state index contributed by atoms with van der Waals surface area (Å²) >= 11 is 0. The number of primary amides is 1. The first kappa shape index (κ1) is 17.5. The number of amides is 2. The predicted octanol–water partition coefficient (Wildman–Crippen LogP) is 1.01. The number of carbonyl (C=O) groups is 2. The normalized spacial score (nSPS) is 17.0. The molecule has 1 aromatic carbocycles. The van der Waals surface area contributed by atoms with Crippen LogP contribution >= 0.6 is 12.4 Å². The molecule has 2 amide bonds. The zero-order valence-corrected chi connectivity index (χ0v) is 12.7. The Labute approximate surface area is 131 Å². The first-order chi connectivity index (χ1) is 9.65. The van der Waals surface area contributed by atoms with Crippen molar-refractivity contribution in [1.29, 1.82) is 0 Å². The van der Waals surface area contributed by atoms with Crippen LogP contribution in [0.25, 0.3) is 0 Å². The van der Waals surface area contributed by atoms with E-state index in [1.807, 2.05) is 6.07 Å². The van der Waals surface area contributed by atoms with Gasteiger partial charge in [0.2, 0.25) is 11.8 Å². The van der Waals surface area contributed by atoms with Gasteiger partial charge in [0, 0.05) is 24.6 Å². The summed E-state index contributed by atoms with van der Waals surface area (Å²) in [5.74, 6) is -0.348. The van der Waals surface area contributed by atoms with Crippen molar-refractivity contribution in [2.75, 3.05) is 13.1 Å². The van der Waals surface area contributed by atoms with Gasteiger partial charge in [-0.3, -0.25) is 9.59 Å². The van der Waals surface area contributed by atoms with Crippen LogP contribution in [0.1, 0.15) is 35.2 Å². The van der Waals surface area contributed by atoms with Gasteiger partial charge in [-0.15, -0.1) is 12.4 Å². The topological polar surface area (TPSA) is 84.2 Å². The van der Waals surface area contributed by atoms with Crippen molar-refractivity contribution in [2.24, 2.45) is 5.73 Å². The van der Waals surface area contributed by atoms with E-state index in [1.54, 1.807) is 18.2 Å². The molecule has 1 fully saturated rings. The highest BCUT2D eigenvalue weighted by atomic mass is 35.5. The second kappa shape index (κ2) is 8.64. The van der Waals surface area contributed by atoms with E-state index in [1.165, 1.54) is 0 Å². The lowest BCUT2D eigenvalue weighted by molar-refractivity contribution is -0.121. The third-order valence-corrected chi connectivity index (χ3v) is 3.54. The van der Waals surface area contributed by atoms with Crippen LogP contribution in [-0.4, -0.2) is 30.9 Å². The summed E-state index contributed by atoms with van der Waals surface area (Å²) in [5, 5.41) is 6.21. The Balaban J connectivity index is 0.00000220. The molecule has 1 atom stereocenters. The Bertz CT molecular complexity index is 488. The lowest BCUT2D eigenvalue weighted by Gasteiger charge is -2.10. The van der Waals surface area contributed by atoms with E-state index in [0.29, 0.717) is 31.0 Å². The molecule has 4 N–H and O–H groups in total. The van der Waals surface area contributed by atoms with E-state index in [0.717, 1.165) is 24.9 Å². The number of nitrogens with two attached hydrogens (primary N) is 1. The summed E-state index contributed by atoms with van der Waals surface area (Å²) in [6, 6.07) is 7.52. The van der Waals surface area contributed by atoms with E-state index in [4.69, 9.17) is 5.73 Å². The molecule has 0 spiro atoms. The van der Waals surface area contributed by atoms with Crippen molar-refractivity contribution >= 4 is 24.2 Å². The summed E-state index contributed by atoms with van der Waals surface area (Å²) < 4.78 is 0. The molecule has 1 unspecified atom stereocenters. The smallest absolute Gasteiger partial charge is 0.248 e. The number of hydrogen-bond donors (Lipinski definition) is 3. The number of halogens is 1. The Morgan fingerprint density at radius 2 is 2.19 bits per heavy atom. The lowest BCUT2D eigenvalue weighted by atomic mass is 10.1. The minimum absolute atomic E-state index is 0. The molecule has 0 aromatic heterocycles. The van der Waals surface area contributed by atoms with Gasteiger partial charge in [-0.05, 0) is 43.5 Å². The van der Waals surface area contributed by atoms with Crippen LogP contribution in [-0.2, 0) is 11.2 Å². The van der Waals surface area contributed by atoms with Crippen molar-refractivity contribution < 1.29 is 9.59 Å². The standard InChI is InChI=1S/C15H21N3O2.ClH/c16-15(20)12-4-1-3-11(9-12)6-8-18-14(19)10-13-5-2-7-17-13;/h1,3-4,9,13,17H,2,5-8,10H2,(H2,16,20)(H,18,19);1H. The Morgan fingerprint density at radius 3 is 2.86 bits per heavy atom. The average molecular weight is 312 g/mol. The van der Waals surface area contributed by atoms with Crippen molar-refractivity contribution in [3.05, 3.63) is 35.4 Å². The van der Waals surface area contributed by atoms with Gasteiger partial charge in [0.15, 0.2) is 0 Å². The van der Waals surface area contributed by atoms with Crippen molar-refractivity contribution in [3.8, 4) is 0 Å². The molecule has 1 heterocycles. The molecule has 0 bridgehead atoms. The quantitative estimate of drug-likeness (QED) is 0.733. The van der Waals surface area contributed by atoms with Crippen molar-refractivity contribution in [2.45, 2.75) is 31.7 Å². The highest BCUT2D eigenvalue weighted by Crippen LogP contribution is 2.08. The van der Waals surface area contributed by atoms with Crippen LogP contribution in [0.2, 0.25) is 0 Å². The van der Waals surface area contributed by atoms with Crippen LogP contribution in [0.4, 0.5) is 0 Å². The van der Waals surface area contributed by atoms with E-state index in [2.05, 4.69) is 10.6 Å². The molecule has 6 heteroatoms. The van der Waals surface area contributed by atoms with E-state index >= 15 is 0 Å². The molecular formula is C15H22ClN3O2. The molecule has 1 aromatic rings. The molecule has 2 rings (SSSR count). The fourth-order valence-electron chi connectivity index (χ4n) is 2.45. The molecule has 1 aliphatic rings. The van der Waals surface area contributed by atoms with Gasteiger partial charge in [0.25, 0.3) is 0 Å². The van der Waals surface area contributed by atoms with Gasteiger partial charge < -0.3 is 16.4 Å². The fourth-order valence-corrected chi connectivity index (χ4v) is 2.45. The average Bonchev–Trinajstić information content (AvgIpc) is 2.92. The summed E-state index contributed by atoms with van der Waals surface area (Å²) in [6.07, 6.45) is 3.47. The minimum Gasteiger partial charge on any atom is -0.366 e. The van der Waals surface area contributed by atoms with Gasteiger partial charge in [-0.1, -0.05) is 12.1 Å². The number of hydrogen-bond acceptors (Lipinski definition) is 3. The first-order valence-corrected chi connectivity index (χ1v) is 7.04. The zero-order chi connectivity index (χ0) is 14.4. The molecule has 116 valence electrons. The second-order valence-electron chi connectivity index (χ2n) is 5.16. The van der Waals surface area contributed by atoms with E-state index in [9.17, 15) is 9.59 Å². The summed E-state index contributed by atoms with van der Waals surface area (Å²) in [5.41, 5.74) is 6.74. The first-order valence-electron chi connectivity index (χ1n) is 7.04. The molecule has 0 aliphatic carbocycles. The van der Waals surface area contributed by atoms with Crippen molar-refractivity contribution in [3.63, 3.8) is 0 Å². The van der Waals surface area contributed by atoms with Gasteiger partial charge in [-0.25, -0.2) is 0 Å². The molecule has 21 heavy (non-hydrogen) atoms. The Hall–Kier alpha value is -1.59. The van der Waals surface area contributed by atoms with Crippen LogP contribution in [0, 0.1) is 0 Å². The highest BCUT2D eigenvalue weighted by molar-refractivity contribution is 5.92. The minimum atomic E-state index is -0.428. The fraction of sp³-hybridized carbons (Fsp3) is 0.467. The van der Waals surface area contributed by atoms with Crippen LogP contribution in [0.15, 0.2) is 24.3 Å². The van der Waals surface area contributed by atoms with Crippen LogP contribution in [0.5, 0.6) is 0 Å². The highest BCUT2D eigenvalue weighted by Gasteiger charge is 2.17. The number of nitrogens with one attached hydrogen (secondary N) is 2. The van der Waals surface area contributed by atoms with Crippen LogP contribution < -0.4 is 16.4 Å². The Kier molecular flexibility index (Phi) is 7.19. The van der Waals surface area contributed by atoms with E-state index < -0.39 is 5.91 Å². The molecule has 5 nitrogen and oxygen atoms in total. The number of benzene rings is 1. The number of carbonyl (C=O) groups excluding carboxylic acids is 2. The third-order valence-electron chi connectivity index (χ3n) is 3.54. The number of rotatable bonds is 6. The monoisotopic (exact) mass is 311 g/mol. The van der Waals surface area contributed by atoms with Gasteiger partial charge >= 0.3 is 0 Å². The maximum atomic E-state index is 11.7. The zero-order valence-electron chi connectivity index (χ0n) is 11.9. The largest absolute Gasteiger partial charge is 0.366 e. The van der Waals surface area contributed by atoms with Crippen LogP contribution in [0.3, 0.4) is 0 Å². The van der Waals surface area contributed by atoms with E-state index in [-0.39, 0.29) is 18.3 Å². The molecular weight excluding hydrogens is 290 g/mol. The van der Waals surface area contributed by atoms with Gasteiger partial charge in [0.1, 0.15) is 0 Å². The molecule has 1 saturated heterocycles. The Morgan fingerprint density at radius 1 is 1.38 bits per heavy atom. The summed E-state index contributed by atoms with van der Waals surface area (Å²) in [4.78, 5) is 22.8. The third kappa shape index (κ3) is 5.73. The predicted molar refractivity (Wildman–Crippen MR) is 84.6 cm³/mol. The SMILES string of the molecule is Cl.NC(=O)c1cccc(CCNC(=O)CC2CCCN2)c1. The summed E-state index contributed by atoms with van der Waals surface area (Å²) in [6.45, 7) is 1.59.